The number of nitrogens with zero attached hydrogens (tertiary/aromatic N) is 1. The van der Waals surface area contributed by atoms with Crippen LogP contribution in [0.15, 0.2) is 18.2 Å². The Kier molecular flexibility index (Phi) is 4.58. The van der Waals surface area contributed by atoms with Crippen LogP contribution in [0.3, 0.4) is 0 Å². The number of amides is 1. The van der Waals surface area contributed by atoms with E-state index in [2.05, 4.69) is 26.1 Å². The van der Waals surface area contributed by atoms with Crippen molar-refractivity contribution in [1.82, 2.24) is 4.90 Å². The van der Waals surface area contributed by atoms with E-state index in [4.69, 9.17) is 9.47 Å². The molecule has 3 rings (SSSR count). The van der Waals surface area contributed by atoms with E-state index in [0.717, 1.165) is 29.8 Å². The monoisotopic (exact) mass is 332 g/mol. The van der Waals surface area contributed by atoms with E-state index in [1.165, 1.54) is 0 Å². The van der Waals surface area contributed by atoms with Crippen molar-refractivity contribution < 1.29 is 14.3 Å². The SMILES string of the molecule is Cc1c(NCC(C)(C)C)cccc1C(=O)N1CCC2(C1)OCCO2. The highest BCUT2D eigenvalue weighted by atomic mass is 16.7. The molecule has 2 fully saturated rings. The third kappa shape index (κ3) is 3.57. The molecule has 2 aliphatic heterocycles. The second kappa shape index (κ2) is 6.37. The quantitative estimate of drug-likeness (QED) is 0.924. The minimum Gasteiger partial charge on any atom is -0.384 e. The fourth-order valence-corrected chi connectivity index (χ4v) is 3.25. The Labute approximate surface area is 144 Å². The van der Waals surface area contributed by atoms with Crippen LogP contribution in [0.1, 0.15) is 43.1 Å². The first kappa shape index (κ1) is 17.2. The van der Waals surface area contributed by atoms with Gasteiger partial charge in [-0.05, 0) is 30.0 Å². The highest BCUT2D eigenvalue weighted by molar-refractivity contribution is 5.97. The molecule has 2 saturated heterocycles. The molecule has 0 bridgehead atoms. The molecule has 0 unspecified atom stereocenters. The average Bonchev–Trinajstić information content (AvgIpc) is 3.15. The van der Waals surface area contributed by atoms with Crippen molar-refractivity contribution in [2.75, 3.05) is 38.2 Å². The van der Waals surface area contributed by atoms with Gasteiger partial charge in [0.15, 0.2) is 5.79 Å². The summed E-state index contributed by atoms with van der Waals surface area (Å²) in [4.78, 5) is 14.8. The van der Waals surface area contributed by atoms with Gasteiger partial charge in [-0.3, -0.25) is 4.79 Å². The van der Waals surface area contributed by atoms with E-state index >= 15 is 0 Å². The van der Waals surface area contributed by atoms with E-state index in [1.807, 2.05) is 30.0 Å². The summed E-state index contributed by atoms with van der Waals surface area (Å²) in [7, 11) is 0. The Hall–Kier alpha value is -1.59. The van der Waals surface area contributed by atoms with Crippen molar-refractivity contribution in [3.63, 3.8) is 0 Å². The van der Waals surface area contributed by atoms with Crippen LogP contribution < -0.4 is 5.32 Å². The summed E-state index contributed by atoms with van der Waals surface area (Å²) in [5, 5.41) is 3.47. The van der Waals surface area contributed by atoms with Gasteiger partial charge in [-0.1, -0.05) is 26.8 Å². The second-order valence-electron chi connectivity index (χ2n) is 7.98. The summed E-state index contributed by atoms with van der Waals surface area (Å²) in [6.07, 6.45) is 0.750. The van der Waals surface area contributed by atoms with Crippen LogP contribution in [-0.4, -0.2) is 49.4 Å². The zero-order valence-corrected chi connectivity index (χ0v) is 15.1. The molecule has 1 spiro atoms. The molecule has 1 N–H and O–H groups in total. The lowest BCUT2D eigenvalue weighted by molar-refractivity contribution is -0.143. The molecular formula is C19H28N2O3. The predicted molar refractivity (Wildman–Crippen MR) is 94.3 cm³/mol. The first-order valence-electron chi connectivity index (χ1n) is 8.70. The number of carbonyl (C=O) groups is 1. The van der Waals surface area contributed by atoms with Crippen LogP contribution in [0.5, 0.6) is 0 Å². The molecule has 0 saturated carbocycles. The van der Waals surface area contributed by atoms with Gasteiger partial charge in [0.05, 0.1) is 19.8 Å². The first-order chi connectivity index (χ1) is 11.3. The number of nitrogens with one attached hydrogen (secondary N) is 1. The second-order valence-corrected chi connectivity index (χ2v) is 7.98. The van der Waals surface area contributed by atoms with Gasteiger partial charge in [-0.25, -0.2) is 0 Å². The molecular weight excluding hydrogens is 304 g/mol. The third-order valence-electron chi connectivity index (χ3n) is 4.67. The molecule has 132 valence electrons. The van der Waals surface area contributed by atoms with Gasteiger partial charge in [0, 0.05) is 30.8 Å². The lowest BCUT2D eigenvalue weighted by Gasteiger charge is -2.24. The van der Waals surface area contributed by atoms with Crippen molar-refractivity contribution in [3.8, 4) is 0 Å². The number of hydrogen-bond acceptors (Lipinski definition) is 4. The number of ether oxygens (including phenoxy) is 2. The minimum absolute atomic E-state index is 0.0582. The number of hydrogen-bond donors (Lipinski definition) is 1. The highest BCUT2D eigenvalue weighted by Gasteiger charge is 2.45. The fraction of sp³-hybridized carbons (Fsp3) is 0.632. The molecule has 0 aromatic heterocycles. The molecule has 1 aromatic rings. The van der Waals surface area contributed by atoms with Gasteiger partial charge in [0.25, 0.3) is 5.91 Å². The van der Waals surface area contributed by atoms with E-state index in [0.29, 0.717) is 26.3 Å². The van der Waals surface area contributed by atoms with Crippen molar-refractivity contribution in [2.45, 2.75) is 39.9 Å². The van der Waals surface area contributed by atoms with Gasteiger partial charge in [0.2, 0.25) is 0 Å². The van der Waals surface area contributed by atoms with Crippen molar-refractivity contribution in [1.29, 1.82) is 0 Å². The molecule has 5 nitrogen and oxygen atoms in total. The first-order valence-corrected chi connectivity index (χ1v) is 8.70. The van der Waals surface area contributed by atoms with Gasteiger partial charge >= 0.3 is 0 Å². The maximum absolute atomic E-state index is 12.9. The Bertz CT molecular complexity index is 616. The Balaban J connectivity index is 1.73. The summed E-state index contributed by atoms with van der Waals surface area (Å²) in [6.45, 7) is 11.9. The summed E-state index contributed by atoms with van der Waals surface area (Å²) in [5.74, 6) is -0.506. The third-order valence-corrected chi connectivity index (χ3v) is 4.67. The zero-order chi connectivity index (χ0) is 17.4. The van der Waals surface area contributed by atoms with Crippen molar-refractivity contribution in [2.24, 2.45) is 5.41 Å². The van der Waals surface area contributed by atoms with E-state index in [9.17, 15) is 4.79 Å². The number of rotatable bonds is 3. The maximum Gasteiger partial charge on any atom is 0.254 e. The lowest BCUT2D eigenvalue weighted by atomic mass is 9.96. The fourth-order valence-electron chi connectivity index (χ4n) is 3.25. The van der Waals surface area contributed by atoms with Crippen LogP contribution in [-0.2, 0) is 9.47 Å². The normalized spacial score (nSPS) is 19.9. The summed E-state index contributed by atoms with van der Waals surface area (Å²) >= 11 is 0. The summed E-state index contributed by atoms with van der Waals surface area (Å²) < 4.78 is 11.4. The molecule has 2 heterocycles. The number of anilines is 1. The predicted octanol–water partition coefficient (Wildman–Crippen LogP) is 3.04. The number of carbonyl (C=O) groups excluding carboxylic acids is 1. The van der Waals surface area contributed by atoms with Crippen molar-refractivity contribution >= 4 is 11.6 Å². The van der Waals surface area contributed by atoms with Gasteiger partial charge in [-0.15, -0.1) is 0 Å². The molecule has 0 radical (unpaired) electrons. The van der Waals surface area contributed by atoms with Gasteiger partial charge < -0.3 is 19.7 Å². The van der Waals surface area contributed by atoms with E-state index < -0.39 is 5.79 Å². The van der Waals surface area contributed by atoms with Gasteiger partial charge in [0.1, 0.15) is 0 Å². The smallest absolute Gasteiger partial charge is 0.254 e. The molecule has 2 aliphatic rings. The zero-order valence-electron chi connectivity index (χ0n) is 15.1. The minimum atomic E-state index is -0.564. The number of likely N-dealkylation sites (tertiary alicyclic amines) is 1. The molecule has 1 aromatic carbocycles. The molecule has 0 atom stereocenters. The summed E-state index contributed by atoms with van der Waals surface area (Å²) in [6, 6.07) is 5.88. The van der Waals surface area contributed by atoms with Crippen LogP contribution in [0.4, 0.5) is 5.69 Å². The largest absolute Gasteiger partial charge is 0.384 e. The van der Waals surface area contributed by atoms with Crippen LogP contribution in [0, 0.1) is 12.3 Å². The Morgan fingerprint density at radius 3 is 2.67 bits per heavy atom. The van der Waals surface area contributed by atoms with Crippen LogP contribution in [0.2, 0.25) is 0 Å². The highest BCUT2D eigenvalue weighted by Crippen LogP contribution is 2.32. The summed E-state index contributed by atoms with van der Waals surface area (Å²) in [5.41, 5.74) is 2.97. The van der Waals surface area contributed by atoms with Crippen molar-refractivity contribution in [3.05, 3.63) is 29.3 Å². The maximum atomic E-state index is 12.9. The van der Waals surface area contributed by atoms with Gasteiger partial charge in [-0.2, -0.15) is 0 Å². The topological polar surface area (TPSA) is 50.8 Å². The lowest BCUT2D eigenvalue weighted by Crippen LogP contribution is -2.37. The average molecular weight is 332 g/mol. The Morgan fingerprint density at radius 2 is 2.00 bits per heavy atom. The molecule has 1 amide bonds. The molecule has 0 aliphatic carbocycles. The van der Waals surface area contributed by atoms with Crippen LogP contribution in [0.25, 0.3) is 0 Å². The van der Waals surface area contributed by atoms with Crippen LogP contribution >= 0.6 is 0 Å². The molecule has 24 heavy (non-hydrogen) atoms. The number of benzene rings is 1. The van der Waals surface area contributed by atoms with E-state index in [1.54, 1.807) is 0 Å². The Morgan fingerprint density at radius 1 is 1.29 bits per heavy atom. The standard InChI is InChI=1S/C19H28N2O3/c1-14-15(6-5-7-16(14)20-12-18(2,3)4)17(22)21-9-8-19(13-21)23-10-11-24-19/h5-7,20H,8-13H2,1-4H3. The molecule has 5 heteroatoms. The van der Waals surface area contributed by atoms with E-state index in [-0.39, 0.29) is 11.3 Å².